The zero-order chi connectivity index (χ0) is 12.9. The topological polar surface area (TPSA) is 87.7 Å². The zero-order valence-corrected chi connectivity index (χ0v) is 10.4. The van der Waals surface area contributed by atoms with Gasteiger partial charge in [-0.25, -0.2) is 4.79 Å². The number of imide groups is 1. The van der Waals surface area contributed by atoms with Crippen LogP contribution in [0.2, 0.25) is 0 Å². The molecule has 2 aliphatic rings. The Morgan fingerprint density at radius 2 is 2.11 bits per heavy atom. The van der Waals surface area contributed by atoms with Crippen LogP contribution in [-0.2, 0) is 4.79 Å². The van der Waals surface area contributed by atoms with Crippen molar-refractivity contribution < 1.29 is 19.4 Å². The third kappa shape index (κ3) is 1.59. The van der Waals surface area contributed by atoms with Gasteiger partial charge in [-0.15, -0.1) is 0 Å². The number of nitrogens with one attached hydrogen (secondary N) is 2. The molecule has 0 spiro atoms. The van der Waals surface area contributed by atoms with Gasteiger partial charge in [-0.1, -0.05) is 15.9 Å². The monoisotopic (exact) mass is 310 g/mol. The van der Waals surface area contributed by atoms with Crippen molar-refractivity contribution in [2.45, 2.75) is 5.91 Å². The molecule has 0 aromatic heterocycles. The maximum atomic E-state index is 11.6. The van der Waals surface area contributed by atoms with Crippen LogP contribution in [0.25, 0.3) is 6.08 Å². The van der Waals surface area contributed by atoms with Crippen LogP contribution in [0.1, 0.15) is 5.56 Å². The molecule has 0 saturated carbocycles. The molecule has 2 aliphatic heterocycles. The number of urea groups is 1. The first kappa shape index (κ1) is 11.2. The predicted molar refractivity (Wildman–Crippen MR) is 64.4 cm³/mol. The minimum Gasteiger partial charge on any atom is -0.440 e. The van der Waals surface area contributed by atoms with Crippen LogP contribution < -0.4 is 15.4 Å². The maximum absolute atomic E-state index is 11.6. The Morgan fingerprint density at radius 3 is 2.89 bits per heavy atom. The van der Waals surface area contributed by atoms with Crippen LogP contribution in [0, 0.1) is 0 Å². The molecule has 0 bridgehead atoms. The van der Waals surface area contributed by atoms with E-state index < -0.39 is 17.8 Å². The van der Waals surface area contributed by atoms with Crippen molar-refractivity contribution in [2.24, 2.45) is 0 Å². The fraction of sp³-hybridized carbons (Fsp3) is 0.0909. The minimum absolute atomic E-state index is 0.0623. The van der Waals surface area contributed by atoms with Gasteiger partial charge in [0.15, 0.2) is 0 Å². The normalized spacial score (nSPS) is 25.1. The quantitative estimate of drug-likeness (QED) is 0.658. The van der Waals surface area contributed by atoms with Crippen LogP contribution in [0.3, 0.4) is 0 Å². The molecule has 0 unspecified atom stereocenters. The van der Waals surface area contributed by atoms with E-state index in [9.17, 15) is 14.7 Å². The third-order valence-electron chi connectivity index (χ3n) is 2.65. The Morgan fingerprint density at radius 1 is 1.33 bits per heavy atom. The van der Waals surface area contributed by atoms with Gasteiger partial charge >= 0.3 is 11.9 Å². The van der Waals surface area contributed by atoms with E-state index in [1.165, 1.54) is 6.08 Å². The number of hydrogen-bond donors (Lipinski definition) is 3. The molecule has 6 nitrogen and oxygen atoms in total. The molecule has 1 aromatic rings. The molecule has 0 aliphatic carbocycles. The number of hydrogen-bond acceptors (Lipinski definition) is 4. The number of aliphatic hydroxyl groups is 1. The molecule has 1 atom stereocenters. The van der Waals surface area contributed by atoms with Crippen molar-refractivity contribution in [3.05, 3.63) is 33.8 Å². The van der Waals surface area contributed by atoms with Crippen LogP contribution in [0.4, 0.5) is 4.79 Å². The molecule has 1 saturated heterocycles. The summed E-state index contributed by atoms with van der Waals surface area (Å²) < 4.78 is 6.11. The van der Waals surface area contributed by atoms with Gasteiger partial charge < -0.3 is 9.84 Å². The smallest absolute Gasteiger partial charge is 0.327 e. The van der Waals surface area contributed by atoms with E-state index in [4.69, 9.17) is 4.74 Å². The molecule has 1 aromatic carbocycles. The highest BCUT2D eigenvalue weighted by molar-refractivity contribution is 9.10. The van der Waals surface area contributed by atoms with Crippen LogP contribution in [0.5, 0.6) is 5.75 Å². The number of amides is 3. The second-order valence-electron chi connectivity index (χ2n) is 3.89. The number of halogens is 1. The standard InChI is InChI=1S/C11H7BrN2O4/c12-6-1-2-8-5(3-6)4-7-9(15)13-10(16)14-11(7,17)18-8/h1-4,17H,(H2,13,14,15,16)/t11-/m1/s1. The molecule has 92 valence electrons. The van der Waals surface area contributed by atoms with Gasteiger partial charge in [-0.2, -0.15) is 0 Å². The molecule has 2 heterocycles. The van der Waals surface area contributed by atoms with Gasteiger partial charge in [-0.3, -0.25) is 15.4 Å². The first-order valence-corrected chi connectivity index (χ1v) is 5.84. The number of benzene rings is 1. The largest absolute Gasteiger partial charge is 0.440 e. The molecule has 18 heavy (non-hydrogen) atoms. The van der Waals surface area contributed by atoms with Crippen molar-refractivity contribution in [3.8, 4) is 5.75 Å². The predicted octanol–water partition coefficient (Wildman–Crippen LogP) is 0.710. The second kappa shape index (κ2) is 3.56. The van der Waals surface area contributed by atoms with Crippen LogP contribution >= 0.6 is 15.9 Å². The van der Waals surface area contributed by atoms with E-state index in [-0.39, 0.29) is 5.57 Å². The van der Waals surface area contributed by atoms with Crippen LogP contribution in [0.15, 0.2) is 28.2 Å². The van der Waals surface area contributed by atoms with Crippen molar-refractivity contribution in [2.75, 3.05) is 0 Å². The number of fused-ring (bicyclic) bond motifs is 2. The highest BCUT2D eigenvalue weighted by Gasteiger charge is 2.47. The Labute approximate surface area is 110 Å². The molecule has 3 N–H and O–H groups in total. The zero-order valence-electron chi connectivity index (χ0n) is 8.86. The summed E-state index contributed by atoms with van der Waals surface area (Å²) in [7, 11) is 0. The lowest BCUT2D eigenvalue weighted by molar-refractivity contribution is -0.145. The van der Waals surface area contributed by atoms with Gasteiger partial charge in [-0.05, 0) is 24.3 Å². The van der Waals surface area contributed by atoms with Gasteiger partial charge in [0.1, 0.15) is 11.3 Å². The summed E-state index contributed by atoms with van der Waals surface area (Å²) in [6, 6.07) is 4.29. The molecular weight excluding hydrogens is 304 g/mol. The Hall–Kier alpha value is -1.86. The minimum atomic E-state index is -2.11. The Bertz CT molecular complexity index is 613. The lowest BCUT2D eigenvalue weighted by Gasteiger charge is -2.37. The van der Waals surface area contributed by atoms with Crippen molar-refractivity contribution >= 4 is 33.9 Å². The number of carbonyl (C=O) groups is 2. The summed E-state index contributed by atoms with van der Waals surface area (Å²) in [5.74, 6) is -2.42. The number of carbonyl (C=O) groups excluding carboxylic acids is 2. The molecule has 1 fully saturated rings. The fourth-order valence-corrected chi connectivity index (χ4v) is 2.24. The molecule has 7 heteroatoms. The summed E-state index contributed by atoms with van der Waals surface area (Å²) in [4.78, 5) is 22.8. The van der Waals surface area contributed by atoms with Crippen LogP contribution in [-0.4, -0.2) is 23.0 Å². The number of rotatable bonds is 0. The van der Waals surface area contributed by atoms with E-state index in [2.05, 4.69) is 21.2 Å². The van der Waals surface area contributed by atoms with E-state index >= 15 is 0 Å². The summed E-state index contributed by atoms with van der Waals surface area (Å²) in [6.07, 6.45) is 1.47. The van der Waals surface area contributed by atoms with Crippen molar-refractivity contribution in [1.82, 2.24) is 10.6 Å². The highest BCUT2D eigenvalue weighted by atomic mass is 79.9. The first-order valence-electron chi connectivity index (χ1n) is 5.04. The second-order valence-corrected chi connectivity index (χ2v) is 4.81. The SMILES string of the molecule is O=C1NC(=O)C2=Cc3cc(Br)ccc3O[C@@]2(O)N1. The van der Waals surface area contributed by atoms with Crippen molar-refractivity contribution in [1.29, 1.82) is 0 Å². The highest BCUT2D eigenvalue weighted by Crippen LogP contribution is 2.35. The fourth-order valence-electron chi connectivity index (χ4n) is 1.86. The van der Waals surface area contributed by atoms with E-state index in [0.717, 1.165) is 4.47 Å². The molecule has 3 rings (SSSR count). The summed E-state index contributed by atoms with van der Waals surface area (Å²) in [5, 5.41) is 14.4. The summed E-state index contributed by atoms with van der Waals surface area (Å²) >= 11 is 3.30. The third-order valence-corrected chi connectivity index (χ3v) is 3.14. The average Bonchev–Trinajstić information content (AvgIpc) is 2.26. The van der Waals surface area contributed by atoms with E-state index in [1.54, 1.807) is 18.2 Å². The Kier molecular flexibility index (Phi) is 2.23. The lowest BCUT2D eigenvalue weighted by Crippen LogP contribution is -2.65. The molecule has 0 radical (unpaired) electrons. The van der Waals surface area contributed by atoms with Gasteiger partial charge in [0.2, 0.25) is 0 Å². The van der Waals surface area contributed by atoms with Gasteiger partial charge in [0, 0.05) is 10.0 Å². The lowest BCUT2D eigenvalue weighted by atomic mass is 10.0. The Balaban J connectivity index is 2.15. The van der Waals surface area contributed by atoms with Crippen molar-refractivity contribution in [3.63, 3.8) is 0 Å². The molecular formula is C11H7BrN2O4. The maximum Gasteiger partial charge on any atom is 0.327 e. The average molecular weight is 311 g/mol. The number of ether oxygens (including phenoxy) is 1. The summed E-state index contributed by atoms with van der Waals surface area (Å²) in [6.45, 7) is 0. The van der Waals surface area contributed by atoms with Gasteiger partial charge in [0.25, 0.3) is 5.91 Å². The van der Waals surface area contributed by atoms with E-state index in [1.807, 2.05) is 5.32 Å². The van der Waals surface area contributed by atoms with Gasteiger partial charge in [0.05, 0.1) is 0 Å². The first-order chi connectivity index (χ1) is 8.48. The molecule has 3 amide bonds. The van der Waals surface area contributed by atoms with E-state index in [0.29, 0.717) is 11.3 Å². The summed E-state index contributed by atoms with van der Waals surface area (Å²) in [5.41, 5.74) is 0.572.